The van der Waals surface area contributed by atoms with Crippen LogP contribution in [0.25, 0.3) is 0 Å². The van der Waals surface area contributed by atoms with Crippen molar-refractivity contribution in [3.05, 3.63) is 29.3 Å². The van der Waals surface area contributed by atoms with Gasteiger partial charge < -0.3 is 5.11 Å². The van der Waals surface area contributed by atoms with Crippen LogP contribution >= 0.6 is 0 Å². The van der Waals surface area contributed by atoms with Crippen molar-refractivity contribution in [3.8, 4) is 0 Å². The normalized spacial score (nSPS) is 18.5. The lowest BCUT2D eigenvalue weighted by molar-refractivity contribution is 0.150. The van der Waals surface area contributed by atoms with E-state index in [1.165, 1.54) is 0 Å². The van der Waals surface area contributed by atoms with Crippen molar-refractivity contribution < 1.29 is 22.3 Å². The lowest BCUT2D eigenvalue weighted by Crippen LogP contribution is -2.10. The fourth-order valence-electron chi connectivity index (χ4n) is 1.59. The second kappa shape index (κ2) is 3.24. The summed E-state index contributed by atoms with van der Waals surface area (Å²) >= 11 is 0. The number of halogens is 2. The van der Waals surface area contributed by atoms with Crippen LogP contribution in [0.4, 0.5) is 8.78 Å². The Balaban J connectivity index is 2.61. The average Bonchev–Trinajstić information content (AvgIpc) is 2.80. The van der Waals surface area contributed by atoms with E-state index in [1.807, 2.05) is 0 Å². The molecule has 1 saturated carbocycles. The maximum Gasteiger partial charge on any atom is 0.181 e. The molecule has 0 unspecified atom stereocenters. The molecule has 0 aromatic heterocycles. The number of rotatable bonds is 2. The molecule has 1 aromatic rings. The highest BCUT2D eigenvalue weighted by Crippen LogP contribution is 2.46. The molecule has 0 bridgehead atoms. The van der Waals surface area contributed by atoms with Crippen LogP contribution in [0.3, 0.4) is 0 Å². The Labute approximate surface area is 91.6 Å². The Hall–Kier alpha value is -1.01. The minimum absolute atomic E-state index is 0.0925. The zero-order valence-electron chi connectivity index (χ0n) is 8.50. The van der Waals surface area contributed by atoms with Crippen LogP contribution in [0.2, 0.25) is 0 Å². The lowest BCUT2D eigenvalue weighted by Gasteiger charge is -2.10. The Kier molecular flexibility index (Phi) is 2.32. The highest BCUT2D eigenvalue weighted by atomic mass is 32.2. The molecule has 88 valence electrons. The van der Waals surface area contributed by atoms with Gasteiger partial charge in [0.25, 0.3) is 0 Å². The van der Waals surface area contributed by atoms with E-state index in [0.717, 1.165) is 18.4 Å². The van der Waals surface area contributed by atoms with Crippen molar-refractivity contribution in [2.24, 2.45) is 0 Å². The zero-order valence-corrected chi connectivity index (χ0v) is 9.31. The van der Waals surface area contributed by atoms with Crippen molar-refractivity contribution in [1.82, 2.24) is 0 Å². The Morgan fingerprint density at radius 2 is 1.69 bits per heavy atom. The Morgan fingerprint density at radius 1 is 1.25 bits per heavy atom. The molecule has 1 aromatic carbocycles. The molecule has 1 N–H and O–H groups in total. The minimum atomic E-state index is -3.94. The van der Waals surface area contributed by atoms with Crippen LogP contribution in [0.1, 0.15) is 18.4 Å². The zero-order chi connectivity index (χ0) is 12.1. The van der Waals surface area contributed by atoms with Crippen LogP contribution in [0.5, 0.6) is 0 Å². The summed E-state index contributed by atoms with van der Waals surface area (Å²) in [4.78, 5) is -0.944. The lowest BCUT2D eigenvalue weighted by atomic mass is 10.1. The molecule has 0 aliphatic heterocycles. The molecule has 0 atom stereocenters. The van der Waals surface area contributed by atoms with Gasteiger partial charge in [-0.05, 0) is 30.5 Å². The topological polar surface area (TPSA) is 54.4 Å². The van der Waals surface area contributed by atoms with E-state index in [1.54, 1.807) is 0 Å². The number of hydrogen-bond acceptors (Lipinski definition) is 3. The predicted molar refractivity (Wildman–Crippen MR) is 52.6 cm³/mol. The molecule has 6 heteroatoms. The minimum Gasteiger partial charge on any atom is -0.385 e. The van der Waals surface area contributed by atoms with Crippen LogP contribution in [-0.2, 0) is 15.4 Å². The molecule has 1 fully saturated rings. The predicted octanol–water partition coefficient (Wildman–Crippen LogP) is 1.35. The summed E-state index contributed by atoms with van der Waals surface area (Å²) < 4.78 is 49.1. The molecule has 0 radical (unpaired) electrons. The first-order chi connectivity index (χ1) is 7.24. The molecule has 0 saturated heterocycles. The van der Waals surface area contributed by atoms with Crippen LogP contribution < -0.4 is 0 Å². The van der Waals surface area contributed by atoms with Crippen LogP contribution in [0.15, 0.2) is 17.0 Å². The van der Waals surface area contributed by atoms with Crippen LogP contribution in [-0.4, -0.2) is 19.8 Å². The standard InChI is InChI=1S/C10H10F2O3S/c1-16(14,15)9-7(11)4-6(5-8(9)12)10(13)2-3-10/h4-5,13H,2-3H2,1H3. The maximum absolute atomic E-state index is 13.4. The Bertz CT molecular complexity index is 524. The van der Waals surface area contributed by atoms with Crippen molar-refractivity contribution in [1.29, 1.82) is 0 Å². The van der Waals surface area contributed by atoms with Crippen molar-refractivity contribution in [2.45, 2.75) is 23.3 Å². The summed E-state index contributed by atoms with van der Waals surface area (Å²) in [6.07, 6.45) is 1.61. The van der Waals surface area contributed by atoms with E-state index in [-0.39, 0.29) is 5.56 Å². The van der Waals surface area contributed by atoms with Crippen molar-refractivity contribution in [3.63, 3.8) is 0 Å². The molecule has 1 aliphatic rings. The number of benzene rings is 1. The number of aliphatic hydroxyl groups is 1. The van der Waals surface area contributed by atoms with Gasteiger partial charge in [0, 0.05) is 6.26 Å². The summed E-state index contributed by atoms with van der Waals surface area (Å²) in [5, 5.41) is 9.66. The monoisotopic (exact) mass is 248 g/mol. The maximum atomic E-state index is 13.4. The third-order valence-electron chi connectivity index (χ3n) is 2.63. The third-order valence-corrected chi connectivity index (χ3v) is 3.76. The first-order valence-corrected chi connectivity index (χ1v) is 6.55. The van der Waals surface area contributed by atoms with Gasteiger partial charge in [-0.15, -0.1) is 0 Å². The van der Waals surface area contributed by atoms with Gasteiger partial charge in [0.05, 0.1) is 5.60 Å². The van der Waals surface area contributed by atoms with Gasteiger partial charge in [-0.2, -0.15) is 0 Å². The van der Waals surface area contributed by atoms with Gasteiger partial charge in [-0.3, -0.25) is 0 Å². The van der Waals surface area contributed by atoms with Crippen molar-refractivity contribution in [2.75, 3.05) is 6.26 Å². The fraction of sp³-hybridized carbons (Fsp3) is 0.400. The van der Waals surface area contributed by atoms with Gasteiger partial charge >= 0.3 is 0 Å². The molecule has 16 heavy (non-hydrogen) atoms. The van der Waals surface area contributed by atoms with Gasteiger partial charge in [-0.25, -0.2) is 17.2 Å². The molecule has 2 rings (SSSR count). The number of hydrogen-bond donors (Lipinski definition) is 1. The largest absolute Gasteiger partial charge is 0.385 e. The van der Waals surface area contributed by atoms with E-state index < -0.39 is 32.0 Å². The van der Waals surface area contributed by atoms with Gasteiger partial charge in [0.2, 0.25) is 0 Å². The number of sulfone groups is 1. The second-order valence-corrected chi connectivity index (χ2v) is 6.03. The first kappa shape index (κ1) is 11.5. The molecule has 3 nitrogen and oxygen atoms in total. The van der Waals surface area contributed by atoms with Crippen LogP contribution in [0, 0.1) is 11.6 Å². The SMILES string of the molecule is CS(=O)(=O)c1c(F)cc(C2(O)CC2)cc1F. The van der Waals surface area contributed by atoms with Gasteiger partial charge in [-0.1, -0.05) is 0 Å². The molecule has 1 aliphatic carbocycles. The van der Waals surface area contributed by atoms with E-state index in [0.29, 0.717) is 12.8 Å². The fourth-order valence-corrected chi connectivity index (χ4v) is 2.42. The third kappa shape index (κ3) is 1.82. The highest BCUT2D eigenvalue weighted by molar-refractivity contribution is 7.90. The Morgan fingerprint density at radius 3 is 2.00 bits per heavy atom. The van der Waals surface area contributed by atoms with E-state index >= 15 is 0 Å². The van der Waals surface area contributed by atoms with Gasteiger partial charge in [0.15, 0.2) is 9.84 Å². The van der Waals surface area contributed by atoms with Crippen molar-refractivity contribution >= 4 is 9.84 Å². The van der Waals surface area contributed by atoms with E-state index in [4.69, 9.17) is 0 Å². The molecular formula is C10H10F2O3S. The quantitative estimate of drug-likeness (QED) is 0.859. The summed E-state index contributed by atoms with van der Waals surface area (Å²) in [6.45, 7) is 0. The second-order valence-electron chi connectivity index (χ2n) is 4.07. The molecule has 0 spiro atoms. The summed E-state index contributed by atoms with van der Waals surface area (Å²) in [5.74, 6) is -2.31. The molecule has 0 amide bonds. The highest BCUT2D eigenvalue weighted by Gasteiger charge is 2.43. The summed E-state index contributed by atoms with van der Waals surface area (Å²) in [5.41, 5.74) is -1.09. The molecule has 0 heterocycles. The van der Waals surface area contributed by atoms with E-state index in [9.17, 15) is 22.3 Å². The summed E-state index contributed by atoms with van der Waals surface area (Å²) in [6, 6.07) is 1.76. The summed E-state index contributed by atoms with van der Waals surface area (Å²) in [7, 11) is -3.94. The van der Waals surface area contributed by atoms with Gasteiger partial charge in [0.1, 0.15) is 16.5 Å². The smallest absolute Gasteiger partial charge is 0.181 e. The first-order valence-electron chi connectivity index (χ1n) is 4.66. The average molecular weight is 248 g/mol. The molecular weight excluding hydrogens is 238 g/mol. The van der Waals surface area contributed by atoms with E-state index in [2.05, 4.69) is 0 Å².